The molecule has 0 unspecified atom stereocenters. The standard InChI is InChI=1S/C29H33FN6O/c1-4-26(37)35-14-15-36-25(18-35)27(32-28(36)19-8-11-29(2,30)12-9-19)21-7-5-6-20-16-24(31-17-22(20)21)23-10-13-34(3)33-23/h5-7,10,13,16-17,19H,4,8-9,11-12,14-15,18H2,1-3H3. The van der Waals surface area contributed by atoms with Crippen LogP contribution in [0.15, 0.2) is 42.7 Å². The minimum absolute atomic E-state index is 0.158. The monoisotopic (exact) mass is 500 g/mol. The molecule has 1 fully saturated rings. The van der Waals surface area contributed by atoms with E-state index < -0.39 is 5.67 Å². The van der Waals surface area contributed by atoms with Crippen LogP contribution in [0.25, 0.3) is 33.4 Å². The molecule has 0 atom stereocenters. The molecule has 8 heteroatoms. The summed E-state index contributed by atoms with van der Waals surface area (Å²) in [6.45, 7) is 5.57. The smallest absolute Gasteiger partial charge is 0.222 e. The summed E-state index contributed by atoms with van der Waals surface area (Å²) in [5.41, 5.74) is 3.57. The first-order valence-corrected chi connectivity index (χ1v) is 13.3. The molecule has 3 aromatic heterocycles. The van der Waals surface area contributed by atoms with Crippen LogP contribution in [0.1, 0.15) is 63.4 Å². The number of pyridine rings is 1. The summed E-state index contributed by atoms with van der Waals surface area (Å²) in [6, 6.07) is 10.3. The van der Waals surface area contributed by atoms with Gasteiger partial charge in [0.1, 0.15) is 17.2 Å². The highest BCUT2D eigenvalue weighted by Gasteiger charge is 2.36. The van der Waals surface area contributed by atoms with Crippen LogP contribution in [0.3, 0.4) is 0 Å². The second-order valence-electron chi connectivity index (χ2n) is 10.7. The molecule has 0 N–H and O–H groups in total. The van der Waals surface area contributed by atoms with Crippen molar-refractivity contribution in [1.29, 1.82) is 0 Å². The van der Waals surface area contributed by atoms with Gasteiger partial charge in [0.2, 0.25) is 5.91 Å². The van der Waals surface area contributed by atoms with E-state index in [4.69, 9.17) is 9.97 Å². The Morgan fingerprint density at radius 2 is 1.97 bits per heavy atom. The molecule has 4 heterocycles. The van der Waals surface area contributed by atoms with E-state index in [9.17, 15) is 9.18 Å². The molecule has 1 aliphatic heterocycles. The van der Waals surface area contributed by atoms with Gasteiger partial charge in [0, 0.05) is 55.8 Å². The third-order valence-corrected chi connectivity index (χ3v) is 8.08. The number of imidazole rings is 1. The topological polar surface area (TPSA) is 68.8 Å². The third kappa shape index (κ3) is 4.32. The first-order valence-electron chi connectivity index (χ1n) is 13.3. The molecule has 4 aromatic rings. The van der Waals surface area contributed by atoms with E-state index >= 15 is 0 Å². The Labute approximate surface area is 216 Å². The zero-order valence-corrected chi connectivity index (χ0v) is 21.7. The van der Waals surface area contributed by atoms with Crippen molar-refractivity contribution in [2.45, 2.75) is 70.6 Å². The van der Waals surface area contributed by atoms with Crippen molar-refractivity contribution in [3.63, 3.8) is 0 Å². The van der Waals surface area contributed by atoms with E-state index in [2.05, 4.69) is 33.9 Å². The zero-order chi connectivity index (χ0) is 25.7. The number of rotatable bonds is 4. The van der Waals surface area contributed by atoms with E-state index in [0.29, 0.717) is 32.4 Å². The Morgan fingerprint density at radius 3 is 2.70 bits per heavy atom. The van der Waals surface area contributed by atoms with Crippen LogP contribution >= 0.6 is 0 Å². The lowest BCUT2D eigenvalue weighted by Gasteiger charge is -2.33. The Balaban J connectivity index is 1.45. The lowest BCUT2D eigenvalue weighted by Crippen LogP contribution is -2.38. The molecule has 2 aliphatic rings. The molecule has 0 spiro atoms. The number of alkyl halides is 1. The van der Waals surface area contributed by atoms with Crippen LogP contribution in [0.2, 0.25) is 0 Å². The van der Waals surface area contributed by atoms with Gasteiger partial charge in [-0.15, -0.1) is 0 Å². The van der Waals surface area contributed by atoms with Gasteiger partial charge in [0.25, 0.3) is 0 Å². The van der Waals surface area contributed by atoms with Crippen LogP contribution in [0.4, 0.5) is 4.39 Å². The van der Waals surface area contributed by atoms with Crippen molar-refractivity contribution >= 4 is 16.7 Å². The van der Waals surface area contributed by atoms with E-state index in [1.807, 2.05) is 37.3 Å². The molecule has 192 valence electrons. The fraction of sp³-hybridized carbons (Fsp3) is 0.448. The number of benzene rings is 1. The molecule has 0 bridgehead atoms. The van der Waals surface area contributed by atoms with Crippen LogP contribution in [0, 0.1) is 0 Å². The third-order valence-electron chi connectivity index (χ3n) is 8.08. The largest absolute Gasteiger partial charge is 0.335 e. The van der Waals surface area contributed by atoms with Crippen LogP contribution in [0.5, 0.6) is 0 Å². The summed E-state index contributed by atoms with van der Waals surface area (Å²) in [7, 11) is 1.90. The van der Waals surface area contributed by atoms with Crippen molar-refractivity contribution in [2.24, 2.45) is 7.05 Å². The van der Waals surface area contributed by atoms with Crippen LogP contribution in [-0.4, -0.2) is 47.3 Å². The fourth-order valence-electron chi connectivity index (χ4n) is 5.91. The number of aromatic nitrogens is 5. The van der Waals surface area contributed by atoms with Gasteiger partial charge in [-0.1, -0.05) is 25.1 Å². The number of halogens is 1. The summed E-state index contributed by atoms with van der Waals surface area (Å²) in [6.07, 6.45) is 7.02. The van der Waals surface area contributed by atoms with E-state index in [0.717, 1.165) is 64.3 Å². The molecule has 0 radical (unpaired) electrons. The lowest BCUT2D eigenvalue weighted by molar-refractivity contribution is -0.132. The van der Waals surface area contributed by atoms with E-state index in [1.54, 1.807) is 11.6 Å². The van der Waals surface area contributed by atoms with Crippen molar-refractivity contribution < 1.29 is 9.18 Å². The number of fused-ring (bicyclic) bond motifs is 2. The number of hydrogen-bond acceptors (Lipinski definition) is 4. The molecule has 37 heavy (non-hydrogen) atoms. The van der Waals surface area contributed by atoms with E-state index in [1.165, 1.54) is 0 Å². The number of amides is 1. The van der Waals surface area contributed by atoms with Gasteiger partial charge < -0.3 is 9.47 Å². The van der Waals surface area contributed by atoms with Crippen molar-refractivity contribution in [3.8, 4) is 22.6 Å². The number of nitrogens with zero attached hydrogens (tertiary/aromatic N) is 6. The molecule has 0 saturated heterocycles. The predicted molar refractivity (Wildman–Crippen MR) is 142 cm³/mol. The zero-order valence-electron chi connectivity index (χ0n) is 21.7. The van der Waals surface area contributed by atoms with Crippen LogP contribution in [-0.2, 0) is 24.9 Å². The van der Waals surface area contributed by atoms with Gasteiger partial charge in [0.15, 0.2) is 0 Å². The van der Waals surface area contributed by atoms with Crippen molar-refractivity contribution in [3.05, 3.63) is 54.2 Å². The quantitative estimate of drug-likeness (QED) is 0.364. The highest BCUT2D eigenvalue weighted by Crippen LogP contribution is 2.42. The van der Waals surface area contributed by atoms with Gasteiger partial charge in [-0.05, 0) is 50.1 Å². The second-order valence-corrected chi connectivity index (χ2v) is 10.7. The first kappa shape index (κ1) is 23.8. The molecule has 1 aromatic carbocycles. The maximum atomic E-state index is 14.6. The van der Waals surface area contributed by atoms with E-state index in [-0.39, 0.29) is 11.8 Å². The first-order chi connectivity index (χ1) is 17.8. The number of carbonyl (C=O) groups excluding carboxylic acids is 1. The van der Waals surface area contributed by atoms with Gasteiger partial charge in [-0.3, -0.25) is 14.5 Å². The fourth-order valence-corrected chi connectivity index (χ4v) is 5.91. The Morgan fingerprint density at radius 1 is 1.16 bits per heavy atom. The summed E-state index contributed by atoms with van der Waals surface area (Å²) in [4.78, 5) is 24.6. The molecule has 7 nitrogen and oxygen atoms in total. The normalized spacial score (nSPS) is 21.8. The lowest BCUT2D eigenvalue weighted by atomic mass is 9.80. The minimum Gasteiger partial charge on any atom is -0.335 e. The number of carbonyl (C=O) groups is 1. The van der Waals surface area contributed by atoms with Crippen molar-refractivity contribution in [1.82, 2.24) is 29.2 Å². The molecule has 1 amide bonds. The highest BCUT2D eigenvalue weighted by molar-refractivity contribution is 5.97. The molecule has 6 rings (SSSR count). The maximum absolute atomic E-state index is 14.6. The average Bonchev–Trinajstić information content (AvgIpc) is 3.51. The molecule has 1 aliphatic carbocycles. The summed E-state index contributed by atoms with van der Waals surface area (Å²) in [5, 5.41) is 6.59. The highest BCUT2D eigenvalue weighted by atomic mass is 19.1. The summed E-state index contributed by atoms with van der Waals surface area (Å²) < 4.78 is 18.7. The number of hydrogen-bond donors (Lipinski definition) is 0. The Kier molecular flexibility index (Phi) is 5.85. The van der Waals surface area contributed by atoms with Crippen LogP contribution < -0.4 is 0 Å². The summed E-state index contributed by atoms with van der Waals surface area (Å²) in [5.74, 6) is 1.43. The average molecular weight is 501 g/mol. The minimum atomic E-state index is -1.09. The Hall–Kier alpha value is -3.55. The van der Waals surface area contributed by atoms with Crippen molar-refractivity contribution in [2.75, 3.05) is 6.54 Å². The SMILES string of the molecule is CCC(=O)N1CCn2c(C3CCC(C)(F)CC3)nc(-c3cccc4cc(-c5ccn(C)n5)ncc34)c2C1. The van der Waals surface area contributed by atoms with Gasteiger partial charge >= 0.3 is 0 Å². The van der Waals surface area contributed by atoms with Gasteiger partial charge in [0.05, 0.1) is 23.6 Å². The molecular weight excluding hydrogens is 467 g/mol. The maximum Gasteiger partial charge on any atom is 0.222 e. The van der Waals surface area contributed by atoms with Gasteiger partial charge in [-0.2, -0.15) is 5.10 Å². The molecule has 1 saturated carbocycles. The Bertz CT molecular complexity index is 1480. The number of aryl methyl sites for hydroxylation is 1. The summed E-state index contributed by atoms with van der Waals surface area (Å²) >= 11 is 0. The predicted octanol–water partition coefficient (Wildman–Crippen LogP) is 5.64. The molecular formula is C29H33FN6O. The van der Waals surface area contributed by atoms with Gasteiger partial charge in [-0.25, -0.2) is 9.37 Å². The second kappa shape index (κ2) is 9.08.